The molecule has 0 spiro atoms. The standard InChI is InChI=1S/C17H14ClF2NO3S/c18-11-7-15-16(24-5-1-4-23-15)8-14(11)21-17(22)9-25-10-2-3-12(19)13(20)6-10/h2-3,6-8H,1,4-5,9H2,(H,21,22). The van der Waals surface area contributed by atoms with Gasteiger partial charge >= 0.3 is 0 Å². The fourth-order valence-corrected chi connectivity index (χ4v) is 3.10. The van der Waals surface area contributed by atoms with Crippen LogP contribution in [-0.4, -0.2) is 24.9 Å². The number of hydrogen-bond donors (Lipinski definition) is 1. The molecular weight excluding hydrogens is 372 g/mol. The van der Waals surface area contributed by atoms with Crippen LogP contribution in [0.4, 0.5) is 14.5 Å². The molecule has 0 radical (unpaired) electrons. The van der Waals surface area contributed by atoms with Crippen molar-refractivity contribution in [1.82, 2.24) is 0 Å². The molecule has 2 aromatic rings. The largest absolute Gasteiger partial charge is 0.490 e. The van der Waals surface area contributed by atoms with Gasteiger partial charge in [-0.3, -0.25) is 4.79 Å². The van der Waals surface area contributed by atoms with E-state index in [1.165, 1.54) is 6.07 Å². The predicted octanol–water partition coefficient (Wildman–Crippen LogP) is 4.51. The van der Waals surface area contributed by atoms with Crippen molar-refractivity contribution in [3.63, 3.8) is 0 Å². The van der Waals surface area contributed by atoms with Gasteiger partial charge in [0.15, 0.2) is 23.1 Å². The molecule has 0 unspecified atom stereocenters. The molecule has 1 heterocycles. The first-order valence-corrected chi connectivity index (χ1v) is 8.86. The van der Waals surface area contributed by atoms with Crippen molar-refractivity contribution in [2.75, 3.05) is 24.3 Å². The van der Waals surface area contributed by atoms with Crippen LogP contribution in [0.1, 0.15) is 6.42 Å². The van der Waals surface area contributed by atoms with Crippen LogP contribution in [0.3, 0.4) is 0 Å². The second-order valence-corrected chi connectivity index (χ2v) is 6.70. The Morgan fingerprint density at radius 3 is 2.56 bits per heavy atom. The van der Waals surface area contributed by atoms with Crippen molar-refractivity contribution in [3.05, 3.63) is 47.0 Å². The van der Waals surface area contributed by atoms with Crippen molar-refractivity contribution in [3.8, 4) is 11.5 Å². The number of benzene rings is 2. The molecule has 0 aromatic heterocycles. The van der Waals surface area contributed by atoms with E-state index in [1.54, 1.807) is 12.1 Å². The van der Waals surface area contributed by atoms with Crippen LogP contribution in [0.25, 0.3) is 0 Å². The van der Waals surface area contributed by atoms with Gasteiger partial charge < -0.3 is 14.8 Å². The van der Waals surface area contributed by atoms with Crippen LogP contribution in [0.15, 0.2) is 35.2 Å². The lowest BCUT2D eigenvalue weighted by molar-refractivity contribution is -0.113. The van der Waals surface area contributed by atoms with Gasteiger partial charge in [-0.2, -0.15) is 0 Å². The molecular formula is C17H14ClF2NO3S. The second-order valence-electron chi connectivity index (χ2n) is 5.24. The van der Waals surface area contributed by atoms with Gasteiger partial charge in [0.1, 0.15) is 0 Å². The highest BCUT2D eigenvalue weighted by molar-refractivity contribution is 8.00. The van der Waals surface area contributed by atoms with Crippen LogP contribution in [0, 0.1) is 11.6 Å². The molecule has 3 rings (SSSR count). The maximum absolute atomic E-state index is 13.2. The maximum Gasteiger partial charge on any atom is 0.234 e. The van der Waals surface area contributed by atoms with E-state index < -0.39 is 11.6 Å². The van der Waals surface area contributed by atoms with Crippen LogP contribution in [0.5, 0.6) is 11.5 Å². The van der Waals surface area contributed by atoms with E-state index in [1.807, 2.05) is 0 Å². The molecule has 0 aliphatic carbocycles. The number of nitrogens with one attached hydrogen (secondary N) is 1. The summed E-state index contributed by atoms with van der Waals surface area (Å²) < 4.78 is 37.1. The molecule has 1 aliphatic heterocycles. The number of ether oxygens (including phenoxy) is 2. The normalized spacial score (nSPS) is 13.2. The summed E-state index contributed by atoms with van der Waals surface area (Å²) in [5.74, 6) is -1.12. The highest BCUT2D eigenvalue weighted by Gasteiger charge is 2.16. The smallest absolute Gasteiger partial charge is 0.234 e. The monoisotopic (exact) mass is 385 g/mol. The zero-order valence-corrected chi connectivity index (χ0v) is 14.6. The zero-order valence-electron chi connectivity index (χ0n) is 13.0. The van der Waals surface area contributed by atoms with E-state index >= 15 is 0 Å². The van der Waals surface area contributed by atoms with Crippen molar-refractivity contribution >= 4 is 35.0 Å². The van der Waals surface area contributed by atoms with E-state index in [-0.39, 0.29) is 11.7 Å². The third-order valence-corrected chi connectivity index (χ3v) is 4.68. The van der Waals surface area contributed by atoms with Crippen molar-refractivity contribution in [2.45, 2.75) is 11.3 Å². The minimum Gasteiger partial charge on any atom is -0.490 e. The lowest BCUT2D eigenvalue weighted by Crippen LogP contribution is -2.14. The Morgan fingerprint density at radius 2 is 1.84 bits per heavy atom. The van der Waals surface area contributed by atoms with Gasteiger partial charge in [-0.05, 0) is 18.2 Å². The van der Waals surface area contributed by atoms with E-state index in [4.69, 9.17) is 21.1 Å². The summed E-state index contributed by atoms with van der Waals surface area (Å²) >= 11 is 7.26. The molecule has 2 aromatic carbocycles. The molecule has 132 valence electrons. The average molecular weight is 386 g/mol. The Labute approximate surface area is 152 Å². The maximum atomic E-state index is 13.2. The first kappa shape index (κ1) is 17.8. The molecule has 4 nitrogen and oxygen atoms in total. The summed E-state index contributed by atoms with van der Waals surface area (Å²) in [6.07, 6.45) is 0.763. The summed E-state index contributed by atoms with van der Waals surface area (Å²) in [6.45, 7) is 1.06. The Bertz CT molecular complexity index is 804. The lowest BCUT2D eigenvalue weighted by Gasteiger charge is -2.12. The number of carbonyl (C=O) groups excluding carboxylic acids is 1. The van der Waals surface area contributed by atoms with Gasteiger partial charge in [0.25, 0.3) is 0 Å². The molecule has 8 heteroatoms. The molecule has 0 bridgehead atoms. The molecule has 0 atom stereocenters. The highest BCUT2D eigenvalue weighted by Crippen LogP contribution is 2.37. The van der Waals surface area contributed by atoms with Gasteiger partial charge in [0, 0.05) is 23.4 Å². The number of amides is 1. The Morgan fingerprint density at radius 1 is 1.12 bits per heavy atom. The van der Waals surface area contributed by atoms with Crippen LogP contribution < -0.4 is 14.8 Å². The van der Waals surface area contributed by atoms with E-state index in [0.717, 1.165) is 30.3 Å². The first-order chi connectivity index (χ1) is 12.0. The van der Waals surface area contributed by atoms with Gasteiger partial charge in [-0.25, -0.2) is 8.78 Å². The van der Waals surface area contributed by atoms with Gasteiger partial charge in [-0.1, -0.05) is 11.6 Å². The quantitative estimate of drug-likeness (QED) is 0.787. The van der Waals surface area contributed by atoms with Crippen molar-refractivity contribution in [2.24, 2.45) is 0 Å². The Balaban J connectivity index is 1.64. The van der Waals surface area contributed by atoms with Crippen LogP contribution in [0.2, 0.25) is 5.02 Å². The van der Waals surface area contributed by atoms with Gasteiger partial charge in [-0.15, -0.1) is 11.8 Å². The van der Waals surface area contributed by atoms with Crippen LogP contribution in [-0.2, 0) is 4.79 Å². The minimum absolute atomic E-state index is 0.0237. The minimum atomic E-state index is -0.948. The number of halogens is 3. The summed E-state index contributed by atoms with van der Waals surface area (Å²) in [5, 5.41) is 3.01. The van der Waals surface area contributed by atoms with E-state index in [9.17, 15) is 13.6 Å². The van der Waals surface area contributed by atoms with Gasteiger partial charge in [0.2, 0.25) is 5.91 Å². The number of fused-ring (bicyclic) bond motifs is 1. The number of rotatable bonds is 4. The summed E-state index contributed by atoms with van der Waals surface area (Å²) in [5.41, 5.74) is 0.404. The summed E-state index contributed by atoms with van der Waals surface area (Å²) in [4.78, 5) is 12.6. The highest BCUT2D eigenvalue weighted by atomic mass is 35.5. The molecule has 1 amide bonds. The Kier molecular flexibility index (Phi) is 5.65. The zero-order chi connectivity index (χ0) is 17.8. The molecule has 1 N–H and O–H groups in total. The molecule has 25 heavy (non-hydrogen) atoms. The first-order valence-electron chi connectivity index (χ1n) is 7.50. The molecule has 0 saturated carbocycles. The number of carbonyl (C=O) groups is 1. The van der Waals surface area contributed by atoms with Crippen molar-refractivity contribution in [1.29, 1.82) is 0 Å². The third kappa shape index (κ3) is 4.55. The SMILES string of the molecule is O=C(CSc1ccc(F)c(F)c1)Nc1cc2c(cc1Cl)OCCCO2. The van der Waals surface area contributed by atoms with E-state index in [0.29, 0.717) is 40.3 Å². The topological polar surface area (TPSA) is 47.6 Å². The Hall–Kier alpha value is -1.99. The van der Waals surface area contributed by atoms with Gasteiger partial charge in [0.05, 0.1) is 29.7 Å². The average Bonchev–Trinajstić information content (AvgIpc) is 2.81. The van der Waals surface area contributed by atoms with Crippen LogP contribution >= 0.6 is 23.4 Å². The third-order valence-electron chi connectivity index (χ3n) is 3.37. The fraction of sp³-hybridized carbons (Fsp3) is 0.235. The number of anilines is 1. The second kappa shape index (κ2) is 7.93. The molecule has 0 saturated heterocycles. The number of thioether (sulfide) groups is 1. The predicted molar refractivity (Wildman–Crippen MR) is 92.8 cm³/mol. The summed E-state index contributed by atoms with van der Waals surface area (Å²) in [7, 11) is 0. The lowest BCUT2D eigenvalue weighted by atomic mass is 10.2. The fourth-order valence-electron chi connectivity index (χ4n) is 2.18. The van der Waals surface area contributed by atoms with E-state index in [2.05, 4.69) is 5.32 Å². The number of hydrogen-bond acceptors (Lipinski definition) is 4. The summed E-state index contributed by atoms with van der Waals surface area (Å²) in [6, 6.07) is 6.70. The van der Waals surface area contributed by atoms with Crippen molar-refractivity contribution < 1.29 is 23.0 Å². The molecule has 0 fully saturated rings. The molecule has 1 aliphatic rings.